The highest BCUT2D eigenvalue weighted by molar-refractivity contribution is 7.92. The van der Waals surface area contributed by atoms with Gasteiger partial charge in [-0.05, 0) is 92.3 Å². The van der Waals surface area contributed by atoms with Gasteiger partial charge in [0.1, 0.15) is 5.78 Å². The van der Waals surface area contributed by atoms with Crippen molar-refractivity contribution in [3.05, 3.63) is 129 Å². The van der Waals surface area contributed by atoms with Crippen molar-refractivity contribution in [1.29, 1.82) is 0 Å². The van der Waals surface area contributed by atoms with Gasteiger partial charge in [-0.15, -0.1) is 0 Å². The summed E-state index contributed by atoms with van der Waals surface area (Å²) in [5, 5.41) is -0.828. The van der Waals surface area contributed by atoms with Gasteiger partial charge < -0.3 is 0 Å². The fourth-order valence-electron chi connectivity index (χ4n) is 7.37. The minimum atomic E-state index is -3.96. The quantitative estimate of drug-likeness (QED) is 0.205. The zero-order chi connectivity index (χ0) is 32.1. The number of fused-ring (bicyclic) bond motifs is 1. The van der Waals surface area contributed by atoms with Gasteiger partial charge in [0.15, 0.2) is 19.7 Å². The molecule has 5 nitrogen and oxygen atoms in total. The minimum Gasteiger partial charge on any atom is -0.299 e. The molecular weight excluding hydrogens is 647 g/mol. The molecule has 4 unspecified atom stereocenters. The van der Waals surface area contributed by atoms with E-state index in [-0.39, 0.29) is 34.8 Å². The van der Waals surface area contributed by atoms with Gasteiger partial charge in [0.25, 0.3) is 0 Å². The van der Waals surface area contributed by atoms with E-state index in [1.54, 1.807) is 84.9 Å². The Labute approximate surface area is 275 Å². The second-order valence-electron chi connectivity index (χ2n) is 12.4. The number of halogens is 2. The molecule has 0 amide bonds. The number of ketones is 1. The van der Waals surface area contributed by atoms with Gasteiger partial charge in [0.2, 0.25) is 0 Å². The Hall–Kier alpha value is -2.97. The number of rotatable bonds is 6. The first kappa shape index (κ1) is 32.0. The van der Waals surface area contributed by atoms with Gasteiger partial charge in [0, 0.05) is 34.2 Å². The summed E-state index contributed by atoms with van der Waals surface area (Å²) in [7, 11) is -7.85. The molecule has 6 atom stereocenters. The number of benzene rings is 4. The molecule has 2 aliphatic carbocycles. The Morgan fingerprint density at radius 2 is 1.00 bits per heavy atom. The van der Waals surface area contributed by atoms with E-state index in [9.17, 15) is 21.6 Å². The van der Waals surface area contributed by atoms with Crippen LogP contribution < -0.4 is 0 Å². The number of Topliss-reactive ketones (excluding diaryl/α,β-unsaturated/α-hetero) is 1. The molecule has 0 spiro atoms. The molecule has 2 fully saturated rings. The summed E-state index contributed by atoms with van der Waals surface area (Å²) >= 11 is 12.4. The number of hydrogen-bond donors (Lipinski definition) is 0. The van der Waals surface area contributed by atoms with Crippen molar-refractivity contribution >= 4 is 48.7 Å². The van der Waals surface area contributed by atoms with Gasteiger partial charge in [-0.1, -0.05) is 82.9 Å². The van der Waals surface area contributed by atoms with Crippen LogP contribution in [0.4, 0.5) is 0 Å². The predicted octanol–water partition coefficient (Wildman–Crippen LogP) is 8.16. The number of aryl methyl sites for hydroxylation is 2. The SMILES string of the molecule is Cc1ccc(S(=O)(=O)C2C[C@H]3C(=O)CC(c4ccc(Cl)cc4)C(S(=O)(=O)c4ccc(C)cc4)[C@H]3CC2c2ccc(Cl)cc2)cc1. The fraction of sp³-hybridized carbons (Fsp3) is 0.306. The summed E-state index contributed by atoms with van der Waals surface area (Å²) in [6.07, 6.45) is 0.259. The van der Waals surface area contributed by atoms with Crippen LogP contribution in [0.15, 0.2) is 107 Å². The lowest BCUT2D eigenvalue weighted by Crippen LogP contribution is -2.53. The summed E-state index contributed by atoms with van der Waals surface area (Å²) in [4.78, 5) is 14.4. The van der Waals surface area contributed by atoms with E-state index in [1.807, 2.05) is 26.0 Å². The van der Waals surface area contributed by atoms with E-state index in [1.165, 1.54) is 0 Å². The van der Waals surface area contributed by atoms with Gasteiger partial charge in [0.05, 0.1) is 20.3 Å². The topological polar surface area (TPSA) is 85.3 Å². The molecule has 0 aromatic heterocycles. The second-order valence-corrected chi connectivity index (χ2v) is 17.6. The van der Waals surface area contributed by atoms with E-state index in [0.29, 0.717) is 10.0 Å². The number of carbonyl (C=O) groups is 1. The van der Waals surface area contributed by atoms with Crippen molar-refractivity contribution in [3.63, 3.8) is 0 Å². The highest BCUT2D eigenvalue weighted by atomic mass is 35.5. The van der Waals surface area contributed by atoms with Crippen LogP contribution in [-0.2, 0) is 24.5 Å². The molecule has 9 heteroatoms. The Bertz CT molecular complexity index is 1920. The predicted molar refractivity (Wildman–Crippen MR) is 179 cm³/mol. The third-order valence-corrected chi connectivity index (χ3v) is 14.8. The van der Waals surface area contributed by atoms with Crippen molar-refractivity contribution < 1.29 is 21.6 Å². The molecule has 45 heavy (non-hydrogen) atoms. The number of hydrogen-bond acceptors (Lipinski definition) is 5. The van der Waals surface area contributed by atoms with Gasteiger partial charge >= 0.3 is 0 Å². The molecule has 6 rings (SSSR count). The summed E-state index contributed by atoms with van der Waals surface area (Å²) < 4.78 is 57.9. The van der Waals surface area contributed by atoms with E-state index in [4.69, 9.17) is 23.2 Å². The van der Waals surface area contributed by atoms with Crippen LogP contribution in [0.3, 0.4) is 0 Å². The standard InChI is InChI=1S/C36H34Cl2O5S2/c1-22-3-15-28(16-4-22)44(40,41)35-21-32-33(19-30(35)24-7-11-26(37)12-8-24)36(45(42,43)29-17-5-23(2)6-18-29)31(20-34(32)39)25-9-13-27(38)14-10-25/h3-18,30-33,35-36H,19-21H2,1-2H3/t30?,31?,32-,33+,35?,36?/m1/s1. The van der Waals surface area contributed by atoms with E-state index in [0.717, 1.165) is 22.3 Å². The Morgan fingerprint density at radius 3 is 1.49 bits per heavy atom. The van der Waals surface area contributed by atoms with Crippen molar-refractivity contribution in [1.82, 2.24) is 0 Å². The van der Waals surface area contributed by atoms with Crippen LogP contribution in [0.25, 0.3) is 0 Å². The smallest absolute Gasteiger partial charge is 0.182 e. The molecule has 234 valence electrons. The van der Waals surface area contributed by atoms with Crippen molar-refractivity contribution in [2.45, 2.75) is 65.2 Å². The largest absolute Gasteiger partial charge is 0.299 e. The van der Waals surface area contributed by atoms with Crippen LogP contribution in [0.5, 0.6) is 0 Å². The maximum atomic E-state index is 14.7. The molecular formula is C36H34Cl2O5S2. The molecule has 0 aliphatic heterocycles. The molecule has 2 saturated carbocycles. The Morgan fingerprint density at radius 1 is 0.556 bits per heavy atom. The van der Waals surface area contributed by atoms with Gasteiger partial charge in [-0.25, -0.2) is 16.8 Å². The minimum absolute atomic E-state index is 0.00146. The monoisotopic (exact) mass is 680 g/mol. The third-order valence-electron chi connectivity index (χ3n) is 9.68. The van der Waals surface area contributed by atoms with Crippen LogP contribution in [0.1, 0.15) is 53.4 Å². The average molecular weight is 682 g/mol. The second kappa shape index (κ2) is 12.3. The maximum Gasteiger partial charge on any atom is 0.182 e. The highest BCUT2D eigenvalue weighted by Crippen LogP contribution is 2.54. The highest BCUT2D eigenvalue weighted by Gasteiger charge is 2.56. The first-order valence-corrected chi connectivity index (χ1v) is 18.9. The zero-order valence-electron chi connectivity index (χ0n) is 24.9. The molecule has 0 heterocycles. The molecule has 0 N–H and O–H groups in total. The van der Waals surface area contributed by atoms with Crippen molar-refractivity contribution in [2.24, 2.45) is 11.8 Å². The van der Waals surface area contributed by atoms with Crippen LogP contribution in [0, 0.1) is 25.7 Å². The molecule has 4 aromatic rings. The third kappa shape index (κ3) is 6.12. The molecule has 2 aliphatic rings. The van der Waals surface area contributed by atoms with Crippen molar-refractivity contribution in [2.75, 3.05) is 0 Å². The first-order valence-electron chi connectivity index (χ1n) is 15.0. The number of sulfone groups is 2. The van der Waals surface area contributed by atoms with Gasteiger partial charge in [-0.2, -0.15) is 0 Å². The molecule has 4 aromatic carbocycles. The van der Waals surface area contributed by atoms with E-state index < -0.39 is 53.8 Å². The van der Waals surface area contributed by atoms with E-state index >= 15 is 0 Å². The summed E-state index contributed by atoms with van der Waals surface area (Å²) in [6, 6.07) is 27.6. The van der Waals surface area contributed by atoms with Gasteiger partial charge in [-0.3, -0.25) is 4.79 Å². The van der Waals surface area contributed by atoms with Crippen LogP contribution in [0.2, 0.25) is 10.0 Å². The fourth-order valence-corrected chi connectivity index (χ4v) is 11.9. The maximum absolute atomic E-state index is 14.7. The summed E-state index contributed by atoms with van der Waals surface area (Å²) in [5.41, 5.74) is 3.35. The number of carbonyl (C=O) groups excluding carboxylic acids is 1. The van der Waals surface area contributed by atoms with Crippen molar-refractivity contribution in [3.8, 4) is 0 Å². The lowest BCUT2D eigenvalue weighted by atomic mass is 9.62. The van der Waals surface area contributed by atoms with Crippen LogP contribution in [-0.4, -0.2) is 33.1 Å². The molecule has 0 saturated heterocycles. The molecule has 0 radical (unpaired) electrons. The lowest BCUT2D eigenvalue weighted by molar-refractivity contribution is -0.128. The normalized spacial score (nSPS) is 25.5. The average Bonchev–Trinajstić information content (AvgIpc) is 3.01. The Kier molecular flexibility index (Phi) is 8.76. The summed E-state index contributed by atoms with van der Waals surface area (Å²) in [5.74, 6) is -2.61. The molecule has 0 bridgehead atoms. The van der Waals surface area contributed by atoms with Crippen LogP contribution >= 0.6 is 23.2 Å². The lowest BCUT2D eigenvalue weighted by Gasteiger charge is -2.48. The van der Waals surface area contributed by atoms with E-state index in [2.05, 4.69) is 0 Å². The Balaban J connectivity index is 1.51. The first-order chi connectivity index (χ1) is 21.4. The summed E-state index contributed by atoms with van der Waals surface area (Å²) in [6.45, 7) is 3.79. The zero-order valence-corrected chi connectivity index (χ0v) is 28.1.